The van der Waals surface area contributed by atoms with E-state index >= 15 is 0 Å². The summed E-state index contributed by atoms with van der Waals surface area (Å²) in [5, 5.41) is 0.682. The van der Waals surface area contributed by atoms with E-state index in [0.29, 0.717) is 5.02 Å². The average Bonchev–Trinajstić information content (AvgIpc) is 2.91. The molecule has 1 aromatic heterocycles. The zero-order valence-corrected chi connectivity index (χ0v) is 14.3. The summed E-state index contributed by atoms with van der Waals surface area (Å²) in [6.07, 6.45) is 0. The summed E-state index contributed by atoms with van der Waals surface area (Å²) >= 11 is 9.05. The number of anilines is 1. The fraction of sp³-hybridized carbons (Fsp3) is 0.0588. The van der Waals surface area contributed by atoms with Crippen molar-refractivity contribution < 1.29 is 4.28 Å². The van der Waals surface area contributed by atoms with Gasteiger partial charge in [0, 0.05) is 9.75 Å². The Balaban J connectivity index is 1.66. The molecule has 0 saturated carbocycles. The number of nitrogens with one attached hydrogen (secondary N) is 1. The lowest BCUT2D eigenvalue weighted by atomic mass is 10.2. The number of halogens is 1. The van der Waals surface area contributed by atoms with E-state index in [2.05, 4.69) is 30.6 Å². The molecule has 112 valence electrons. The molecule has 0 aliphatic rings. The van der Waals surface area contributed by atoms with Crippen LogP contribution in [0.1, 0.15) is 4.88 Å². The highest BCUT2D eigenvalue weighted by Gasteiger charge is 2.08. The van der Waals surface area contributed by atoms with Crippen LogP contribution in [-0.2, 0) is 4.28 Å². The van der Waals surface area contributed by atoms with Crippen LogP contribution in [0, 0.1) is 6.92 Å². The number of hydrogen-bond acceptors (Lipinski definition) is 4. The normalized spacial score (nSPS) is 10.6. The second kappa shape index (κ2) is 7.20. The maximum atomic E-state index is 6.09. The van der Waals surface area contributed by atoms with Gasteiger partial charge in [0.2, 0.25) is 0 Å². The van der Waals surface area contributed by atoms with Crippen LogP contribution in [-0.4, -0.2) is 0 Å². The molecule has 0 bridgehead atoms. The topological polar surface area (TPSA) is 21.3 Å². The lowest BCUT2D eigenvalue weighted by Gasteiger charge is -2.05. The second-order valence-electron chi connectivity index (χ2n) is 4.65. The summed E-state index contributed by atoms with van der Waals surface area (Å²) in [5.41, 5.74) is 5.18. The van der Waals surface area contributed by atoms with Gasteiger partial charge in [-0.1, -0.05) is 54.1 Å². The predicted octanol–water partition coefficient (Wildman–Crippen LogP) is 6.43. The smallest absolute Gasteiger partial charge is 0.0759 e. The molecule has 0 aliphatic carbocycles. The Kier molecular flexibility index (Phi) is 5.05. The monoisotopic (exact) mass is 347 g/mol. The lowest BCUT2D eigenvalue weighted by Crippen LogP contribution is -1.93. The highest BCUT2D eigenvalue weighted by molar-refractivity contribution is 7.94. The second-order valence-corrected chi connectivity index (χ2v) is 7.08. The van der Waals surface area contributed by atoms with Gasteiger partial charge in [0.1, 0.15) is 0 Å². The molecule has 1 N–H and O–H groups in total. The first-order valence-corrected chi connectivity index (χ1v) is 8.67. The highest BCUT2D eigenvalue weighted by atomic mass is 35.5. The van der Waals surface area contributed by atoms with Crippen molar-refractivity contribution in [2.24, 2.45) is 0 Å². The van der Waals surface area contributed by atoms with Crippen molar-refractivity contribution in [3.63, 3.8) is 0 Å². The Morgan fingerprint density at radius 1 is 1.05 bits per heavy atom. The lowest BCUT2D eigenvalue weighted by molar-refractivity contribution is 0.477. The molecular formula is C17H14ClNOS2. The molecule has 0 radical (unpaired) electrons. The number of aryl methyl sites for hydroxylation is 1. The SMILES string of the molecule is Cc1sc(-c2ccccc2)cc1NOSc1ccccc1Cl. The summed E-state index contributed by atoms with van der Waals surface area (Å²) < 4.78 is 5.51. The predicted molar refractivity (Wildman–Crippen MR) is 96.5 cm³/mol. The van der Waals surface area contributed by atoms with E-state index in [1.807, 2.05) is 42.5 Å². The van der Waals surface area contributed by atoms with Gasteiger partial charge in [-0.25, -0.2) is 0 Å². The molecule has 0 aliphatic heterocycles. The van der Waals surface area contributed by atoms with E-state index in [1.165, 1.54) is 27.4 Å². The molecule has 3 aromatic rings. The first-order valence-electron chi connectivity index (χ1n) is 6.74. The zero-order valence-electron chi connectivity index (χ0n) is 11.9. The van der Waals surface area contributed by atoms with Gasteiger partial charge in [0.15, 0.2) is 0 Å². The number of thiophene rings is 1. The summed E-state index contributed by atoms with van der Waals surface area (Å²) in [4.78, 5) is 3.28. The maximum Gasteiger partial charge on any atom is 0.0759 e. The van der Waals surface area contributed by atoms with Gasteiger partial charge >= 0.3 is 0 Å². The fourth-order valence-electron chi connectivity index (χ4n) is 1.95. The van der Waals surface area contributed by atoms with Gasteiger partial charge in [-0.3, -0.25) is 5.48 Å². The summed E-state index contributed by atoms with van der Waals surface area (Å²) in [6, 6.07) is 20.0. The molecule has 0 saturated heterocycles. The fourth-order valence-corrected chi connectivity index (χ4v) is 3.66. The number of benzene rings is 2. The van der Waals surface area contributed by atoms with Crippen LogP contribution in [0.25, 0.3) is 10.4 Å². The molecule has 0 amide bonds. The highest BCUT2D eigenvalue weighted by Crippen LogP contribution is 2.35. The standard InChI is InChI=1S/C17H14ClNOS2/c1-12-15(11-17(21-12)13-7-3-2-4-8-13)19-20-22-16-10-6-5-9-14(16)18/h2-11,19H,1H3. The quantitative estimate of drug-likeness (QED) is 0.424. The number of hydrogen-bond donors (Lipinski definition) is 1. The van der Waals surface area contributed by atoms with Crippen LogP contribution in [0.4, 0.5) is 5.69 Å². The molecule has 2 nitrogen and oxygen atoms in total. The van der Waals surface area contributed by atoms with Gasteiger partial charge in [0.25, 0.3) is 0 Å². The van der Waals surface area contributed by atoms with Crippen molar-refractivity contribution in [1.29, 1.82) is 0 Å². The van der Waals surface area contributed by atoms with Gasteiger partial charge in [-0.2, -0.15) is 4.28 Å². The van der Waals surface area contributed by atoms with Crippen LogP contribution in [0.2, 0.25) is 5.02 Å². The molecule has 5 heteroatoms. The first kappa shape index (κ1) is 15.4. The Labute approximate surface area is 143 Å². The third kappa shape index (κ3) is 3.65. The minimum atomic E-state index is 0.682. The molecule has 22 heavy (non-hydrogen) atoms. The van der Waals surface area contributed by atoms with E-state index in [9.17, 15) is 0 Å². The summed E-state index contributed by atoms with van der Waals surface area (Å²) in [7, 11) is 0. The third-order valence-electron chi connectivity index (χ3n) is 3.10. The van der Waals surface area contributed by atoms with Crippen LogP contribution < -0.4 is 5.48 Å². The van der Waals surface area contributed by atoms with Crippen molar-refractivity contribution in [2.75, 3.05) is 5.48 Å². The van der Waals surface area contributed by atoms with Crippen molar-refractivity contribution in [2.45, 2.75) is 11.8 Å². The first-order chi connectivity index (χ1) is 10.7. The van der Waals surface area contributed by atoms with Gasteiger partial charge in [-0.05, 0) is 30.7 Å². The Morgan fingerprint density at radius 2 is 1.77 bits per heavy atom. The van der Waals surface area contributed by atoms with Gasteiger partial charge in [-0.15, -0.1) is 11.3 Å². The minimum absolute atomic E-state index is 0.682. The third-order valence-corrected chi connectivity index (χ3v) is 5.34. The Hall–Kier alpha value is -1.46. The average molecular weight is 348 g/mol. The molecule has 0 atom stereocenters. The Bertz CT molecular complexity index is 758. The van der Waals surface area contributed by atoms with Gasteiger partial charge < -0.3 is 0 Å². The Morgan fingerprint density at radius 3 is 2.55 bits per heavy atom. The van der Waals surface area contributed by atoms with Crippen LogP contribution in [0.3, 0.4) is 0 Å². The van der Waals surface area contributed by atoms with Gasteiger partial charge in [0.05, 0.1) is 27.6 Å². The maximum absolute atomic E-state index is 6.09. The molecule has 2 aromatic carbocycles. The molecule has 0 fully saturated rings. The number of rotatable bonds is 5. The van der Waals surface area contributed by atoms with Crippen molar-refractivity contribution in [3.8, 4) is 10.4 Å². The molecule has 1 heterocycles. The van der Waals surface area contributed by atoms with Crippen molar-refractivity contribution >= 4 is 40.7 Å². The van der Waals surface area contributed by atoms with Crippen LogP contribution in [0.5, 0.6) is 0 Å². The molecule has 3 rings (SSSR count). The van der Waals surface area contributed by atoms with Crippen LogP contribution in [0.15, 0.2) is 65.6 Å². The largest absolute Gasteiger partial charge is 0.253 e. The van der Waals surface area contributed by atoms with E-state index in [1.54, 1.807) is 11.3 Å². The summed E-state index contributed by atoms with van der Waals surface area (Å²) in [6.45, 7) is 2.07. The van der Waals surface area contributed by atoms with Crippen LogP contribution >= 0.6 is 35.0 Å². The molecule has 0 unspecified atom stereocenters. The van der Waals surface area contributed by atoms with E-state index in [0.717, 1.165) is 10.6 Å². The van der Waals surface area contributed by atoms with Crippen molar-refractivity contribution in [1.82, 2.24) is 0 Å². The van der Waals surface area contributed by atoms with E-state index < -0.39 is 0 Å². The zero-order chi connectivity index (χ0) is 15.4. The molecular weight excluding hydrogens is 334 g/mol. The minimum Gasteiger partial charge on any atom is -0.253 e. The van der Waals surface area contributed by atoms with Crippen molar-refractivity contribution in [3.05, 3.63) is 70.6 Å². The summed E-state index contributed by atoms with van der Waals surface area (Å²) in [5.74, 6) is 0. The van der Waals surface area contributed by atoms with E-state index in [-0.39, 0.29) is 0 Å². The molecule has 0 spiro atoms. The van der Waals surface area contributed by atoms with E-state index in [4.69, 9.17) is 15.9 Å².